The molecule has 0 radical (unpaired) electrons. The highest BCUT2D eigenvalue weighted by molar-refractivity contribution is 8.22. The summed E-state index contributed by atoms with van der Waals surface area (Å²) in [4.78, 5) is 14.6. The van der Waals surface area contributed by atoms with Gasteiger partial charge in [0.15, 0.2) is 0 Å². The molecular weight excluding hydrogens is 220 g/mol. The summed E-state index contributed by atoms with van der Waals surface area (Å²) in [5, 5.41) is 8.67. The number of thiocarbonyl (C=S) groups is 1. The molecule has 0 aromatic carbocycles. The Hall–Kier alpha value is -0.330. The van der Waals surface area contributed by atoms with E-state index in [1.807, 2.05) is 4.90 Å². The average Bonchev–Trinajstić information content (AvgIpc) is 2.90. The highest BCUT2D eigenvalue weighted by atomic mass is 32.2. The normalized spacial score (nSPS) is 24.0. The lowest BCUT2D eigenvalue weighted by atomic mass is 10.5. The molecule has 0 bridgehead atoms. The second-order valence-corrected chi connectivity index (χ2v) is 5.18. The number of carboxylic acids is 1. The van der Waals surface area contributed by atoms with Gasteiger partial charge in [0.1, 0.15) is 4.32 Å². The Kier molecular flexibility index (Phi) is 2.94. The fourth-order valence-corrected chi connectivity index (χ4v) is 2.68. The van der Waals surface area contributed by atoms with Crippen molar-refractivity contribution in [1.82, 2.24) is 9.80 Å². The first kappa shape index (κ1) is 10.2. The van der Waals surface area contributed by atoms with E-state index in [0.29, 0.717) is 18.6 Å². The second-order valence-electron chi connectivity index (χ2n) is 3.60. The number of carbonyl (C=O) groups is 1. The van der Waals surface area contributed by atoms with Gasteiger partial charge in [0.25, 0.3) is 0 Å². The Bertz CT molecular complexity index is 268. The van der Waals surface area contributed by atoms with Crippen molar-refractivity contribution in [3.8, 4) is 0 Å². The minimum Gasteiger partial charge on any atom is -0.480 e. The van der Waals surface area contributed by atoms with Crippen molar-refractivity contribution in [3.05, 3.63) is 0 Å². The van der Waals surface area contributed by atoms with E-state index in [0.717, 1.165) is 4.32 Å². The molecule has 2 aliphatic rings. The summed E-state index contributed by atoms with van der Waals surface area (Å²) in [5.41, 5.74) is 0. The molecule has 1 aliphatic heterocycles. The van der Waals surface area contributed by atoms with Crippen LogP contribution in [0.15, 0.2) is 0 Å². The molecule has 0 aromatic heterocycles. The number of thioether (sulfide) groups is 1. The molecule has 2 rings (SSSR count). The Balaban J connectivity index is 1.91. The molecule has 2 fully saturated rings. The Morgan fingerprint density at radius 3 is 2.93 bits per heavy atom. The van der Waals surface area contributed by atoms with E-state index in [1.165, 1.54) is 12.8 Å². The summed E-state index contributed by atoms with van der Waals surface area (Å²) in [7, 11) is 0. The first-order chi connectivity index (χ1) is 6.66. The van der Waals surface area contributed by atoms with Crippen molar-refractivity contribution in [2.75, 3.05) is 19.1 Å². The zero-order chi connectivity index (χ0) is 10.1. The highest BCUT2D eigenvalue weighted by Crippen LogP contribution is 2.32. The van der Waals surface area contributed by atoms with E-state index in [-0.39, 0.29) is 6.54 Å². The van der Waals surface area contributed by atoms with Crippen molar-refractivity contribution in [1.29, 1.82) is 0 Å². The number of hydrogen-bond acceptors (Lipinski definition) is 4. The van der Waals surface area contributed by atoms with Crippen LogP contribution in [0.2, 0.25) is 0 Å². The average molecular weight is 232 g/mol. The van der Waals surface area contributed by atoms with Crippen LogP contribution in [0.4, 0.5) is 0 Å². The Morgan fingerprint density at radius 1 is 1.64 bits per heavy atom. The van der Waals surface area contributed by atoms with Crippen molar-refractivity contribution < 1.29 is 9.90 Å². The van der Waals surface area contributed by atoms with Crippen LogP contribution in [-0.4, -0.2) is 50.3 Å². The van der Waals surface area contributed by atoms with Crippen molar-refractivity contribution >= 4 is 34.3 Å². The fourth-order valence-electron chi connectivity index (χ4n) is 1.48. The van der Waals surface area contributed by atoms with Crippen LogP contribution in [0.25, 0.3) is 0 Å². The van der Waals surface area contributed by atoms with Gasteiger partial charge in [-0.1, -0.05) is 24.0 Å². The fraction of sp³-hybridized carbons (Fsp3) is 0.750. The summed E-state index contributed by atoms with van der Waals surface area (Å²) >= 11 is 6.79. The largest absolute Gasteiger partial charge is 0.480 e. The van der Waals surface area contributed by atoms with E-state index in [4.69, 9.17) is 17.3 Å². The van der Waals surface area contributed by atoms with Gasteiger partial charge in [-0.3, -0.25) is 9.69 Å². The smallest absolute Gasteiger partial charge is 0.317 e. The molecular formula is C8H12N2O2S2. The monoisotopic (exact) mass is 232 g/mol. The first-order valence-electron chi connectivity index (χ1n) is 4.54. The third-order valence-electron chi connectivity index (χ3n) is 2.30. The lowest BCUT2D eigenvalue weighted by Crippen LogP contribution is -2.47. The maximum atomic E-state index is 10.5. The standard InChI is InChI=1S/C8H12N2O2S2/c11-7(12)3-9-4-10(6-1-2-6)8(13)14-5-9/h6H,1-5H2,(H,11,12). The second kappa shape index (κ2) is 4.04. The minimum absolute atomic E-state index is 0.110. The molecule has 4 nitrogen and oxygen atoms in total. The molecule has 6 heteroatoms. The van der Waals surface area contributed by atoms with Crippen LogP contribution in [0.3, 0.4) is 0 Å². The lowest BCUT2D eigenvalue weighted by molar-refractivity contribution is -0.138. The van der Waals surface area contributed by atoms with Gasteiger partial charge in [-0.25, -0.2) is 0 Å². The highest BCUT2D eigenvalue weighted by Gasteiger charge is 2.34. The third-order valence-corrected chi connectivity index (χ3v) is 3.87. The SMILES string of the molecule is O=C(O)CN1CSC(=S)N(C2CC2)C1. The number of aliphatic carboxylic acids is 1. The molecule has 1 heterocycles. The number of hydrogen-bond donors (Lipinski definition) is 1. The van der Waals surface area contributed by atoms with Gasteiger partial charge in [0, 0.05) is 6.04 Å². The molecule has 1 saturated carbocycles. The molecule has 1 aliphatic carbocycles. The van der Waals surface area contributed by atoms with Crippen molar-refractivity contribution in [3.63, 3.8) is 0 Å². The zero-order valence-electron chi connectivity index (χ0n) is 7.68. The van der Waals surface area contributed by atoms with Crippen LogP contribution in [0, 0.1) is 0 Å². The van der Waals surface area contributed by atoms with Crippen molar-refractivity contribution in [2.45, 2.75) is 18.9 Å². The van der Waals surface area contributed by atoms with E-state index < -0.39 is 5.97 Å². The molecule has 78 valence electrons. The molecule has 0 atom stereocenters. The molecule has 0 aromatic rings. The van der Waals surface area contributed by atoms with Crippen LogP contribution in [0.1, 0.15) is 12.8 Å². The number of nitrogens with zero attached hydrogens (tertiary/aromatic N) is 2. The van der Waals surface area contributed by atoms with Crippen molar-refractivity contribution in [2.24, 2.45) is 0 Å². The molecule has 0 spiro atoms. The van der Waals surface area contributed by atoms with Crippen LogP contribution in [-0.2, 0) is 4.79 Å². The Morgan fingerprint density at radius 2 is 2.36 bits per heavy atom. The predicted octanol–water partition coefficient (Wildman–Crippen LogP) is 0.784. The van der Waals surface area contributed by atoms with Crippen LogP contribution >= 0.6 is 24.0 Å². The van der Waals surface area contributed by atoms with Gasteiger partial charge in [-0.15, -0.1) is 0 Å². The summed E-state index contributed by atoms with van der Waals surface area (Å²) in [6.45, 7) is 0.793. The third kappa shape index (κ3) is 2.37. The topological polar surface area (TPSA) is 43.8 Å². The van der Waals surface area contributed by atoms with E-state index in [9.17, 15) is 4.79 Å². The summed E-state index contributed by atoms with van der Waals surface area (Å²) in [6.07, 6.45) is 2.39. The molecule has 1 N–H and O–H groups in total. The van der Waals surface area contributed by atoms with Gasteiger partial charge in [-0.2, -0.15) is 0 Å². The molecule has 14 heavy (non-hydrogen) atoms. The molecule has 0 unspecified atom stereocenters. The maximum absolute atomic E-state index is 10.5. The first-order valence-corrected chi connectivity index (χ1v) is 5.94. The lowest BCUT2D eigenvalue weighted by Gasteiger charge is -2.35. The molecule has 1 saturated heterocycles. The summed E-state index contributed by atoms with van der Waals surface area (Å²) in [6, 6.07) is 0.576. The van der Waals surface area contributed by atoms with Crippen LogP contribution < -0.4 is 0 Å². The van der Waals surface area contributed by atoms with Crippen LogP contribution in [0.5, 0.6) is 0 Å². The van der Waals surface area contributed by atoms with Gasteiger partial charge in [0.2, 0.25) is 0 Å². The number of carboxylic acid groups (broad SMARTS) is 1. The van der Waals surface area contributed by atoms with Gasteiger partial charge in [-0.05, 0) is 12.8 Å². The van der Waals surface area contributed by atoms with Gasteiger partial charge in [0.05, 0.1) is 19.1 Å². The van der Waals surface area contributed by atoms with E-state index in [1.54, 1.807) is 11.8 Å². The van der Waals surface area contributed by atoms with Gasteiger partial charge >= 0.3 is 5.97 Å². The van der Waals surface area contributed by atoms with E-state index in [2.05, 4.69) is 4.90 Å². The van der Waals surface area contributed by atoms with E-state index >= 15 is 0 Å². The Labute approximate surface area is 92.2 Å². The minimum atomic E-state index is -0.769. The summed E-state index contributed by atoms with van der Waals surface area (Å²) < 4.78 is 0.925. The van der Waals surface area contributed by atoms with Gasteiger partial charge < -0.3 is 10.0 Å². The molecule has 0 amide bonds. The quantitative estimate of drug-likeness (QED) is 0.726. The maximum Gasteiger partial charge on any atom is 0.317 e. The predicted molar refractivity (Wildman–Crippen MR) is 59.1 cm³/mol. The number of rotatable bonds is 3. The summed E-state index contributed by atoms with van der Waals surface area (Å²) in [5.74, 6) is -0.0666. The zero-order valence-corrected chi connectivity index (χ0v) is 9.31.